The topological polar surface area (TPSA) is 140 Å². The molecule has 0 spiro atoms. The number of rotatable bonds is 27. The Labute approximate surface area is 543 Å². The molecule has 4 aromatic heterocycles. The Morgan fingerprint density at radius 1 is 0.767 bits per heavy atom. The molecule has 4 bridgehead atoms. The highest BCUT2D eigenvalue weighted by atomic mass is 35.5. The molecule has 4 fully saturated rings. The maximum Gasteiger partial charge on any atom is 0.358 e. The number of anilines is 2. The summed E-state index contributed by atoms with van der Waals surface area (Å²) in [5.41, 5.74) is 5.24. The number of ether oxygens (including phenoxy) is 4. The second-order valence-corrected chi connectivity index (χ2v) is 40.2. The molecule has 476 valence electrons. The Morgan fingerprint density at radius 3 is 2.11 bits per heavy atom. The number of esters is 1. The van der Waals surface area contributed by atoms with Crippen LogP contribution in [0.3, 0.4) is 0 Å². The normalized spacial score (nSPS) is 20.9. The van der Waals surface area contributed by atoms with Crippen molar-refractivity contribution in [3.05, 3.63) is 161 Å². The summed E-state index contributed by atoms with van der Waals surface area (Å²) >= 11 is 7.83. The van der Waals surface area contributed by atoms with Gasteiger partial charge in [-0.2, -0.15) is 10.1 Å². The van der Waals surface area contributed by atoms with Gasteiger partial charge in [-0.05, 0) is 157 Å². The third-order valence-electron chi connectivity index (χ3n) is 18.9. The second kappa shape index (κ2) is 26.7. The number of alkyl halides is 1. The molecule has 8 aromatic rings. The SMILES string of the molecule is COc1ccc(COC(=O)c2nc(N(CCCCCCl)c3cc(C)c(N=c4sc5ccccc5n4COCC[Si](C)(C)C)nn3)ccc2-c2cnn(CC34CC5(C)CC(C)(C3)CC(OCCO[Si](c3ccccc3)(c3ccccc3)C(C)(C)C)(C5)C4)c2C)cc1. The van der Waals surface area contributed by atoms with Gasteiger partial charge in [0.05, 0.1) is 42.3 Å². The first-order chi connectivity index (χ1) is 43.0. The van der Waals surface area contributed by atoms with Gasteiger partial charge in [0.25, 0.3) is 8.32 Å². The van der Waals surface area contributed by atoms with Gasteiger partial charge in [0, 0.05) is 50.5 Å². The minimum Gasteiger partial charge on any atom is -0.497 e. The third-order valence-corrected chi connectivity index (χ3v) is 27.0. The number of pyridine rings is 1. The van der Waals surface area contributed by atoms with Crippen LogP contribution >= 0.6 is 22.9 Å². The molecule has 14 nitrogen and oxygen atoms in total. The van der Waals surface area contributed by atoms with Crippen LogP contribution < -0.4 is 24.8 Å². The van der Waals surface area contributed by atoms with Gasteiger partial charge in [-0.15, -0.1) is 21.8 Å². The van der Waals surface area contributed by atoms with Crippen LogP contribution in [0.2, 0.25) is 30.7 Å². The smallest absolute Gasteiger partial charge is 0.358 e. The highest BCUT2D eigenvalue weighted by Crippen LogP contribution is 2.72. The van der Waals surface area contributed by atoms with Crippen LogP contribution in [0.15, 0.2) is 139 Å². The molecule has 4 aliphatic rings. The summed E-state index contributed by atoms with van der Waals surface area (Å²) in [6, 6.07) is 44.7. The van der Waals surface area contributed by atoms with E-state index >= 15 is 0 Å². The Kier molecular flexibility index (Phi) is 19.4. The van der Waals surface area contributed by atoms with Crippen molar-refractivity contribution in [2.24, 2.45) is 21.2 Å². The standard InChI is InChI=1S/C72H91ClN8O6SSi2/c1-52-41-63(77-78-65(52)76-67-80(51-84-39-40-89(9,10)11)60-27-19-20-28-61(60)88-67)79(36-22-14-21-35-73)62-34-33-58(64(75-62)66(82)85-43-54-29-31-55(83-8)32-30-54)59-42-74-81(53(59)2)50-71-45-69(6)44-70(7,46-71)48-72(47-69,49-71)86-37-38-87-90(68(3,4)5,56-23-15-12-16-24-56)57-25-17-13-18-26-57/h12-13,15-20,23-34,41-42H,14,21-22,35-40,43-51H2,1-11H3. The molecule has 0 N–H and O–H groups in total. The quantitative estimate of drug-likeness (QED) is 0.0210. The van der Waals surface area contributed by atoms with Gasteiger partial charge in [0.1, 0.15) is 24.9 Å². The number of aromatic nitrogens is 6. The molecule has 2 atom stereocenters. The van der Waals surface area contributed by atoms with Crippen molar-refractivity contribution < 1.29 is 28.2 Å². The monoisotopic (exact) mass is 1290 g/mol. The lowest BCUT2D eigenvalue weighted by molar-refractivity contribution is -0.249. The Balaban J connectivity index is 0.890. The number of nitrogens with zero attached hydrogens (tertiary/aromatic N) is 8. The fourth-order valence-electron chi connectivity index (χ4n) is 15.9. The van der Waals surface area contributed by atoms with Crippen molar-refractivity contribution in [2.45, 2.75) is 162 Å². The van der Waals surface area contributed by atoms with Gasteiger partial charge in [-0.1, -0.05) is 157 Å². The molecular formula is C72H91ClN8O6SSi2. The van der Waals surface area contributed by atoms with E-state index < -0.39 is 22.4 Å². The Bertz CT molecular complexity index is 3810. The van der Waals surface area contributed by atoms with E-state index in [1.165, 1.54) is 16.8 Å². The summed E-state index contributed by atoms with van der Waals surface area (Å²) in [5.74, 6) is 2.38. The number of halogens is 1. The van der Waals surface area contributed by atoms with Crippen LogP contribution in [-0.2, 0) is 38.5 Å². The lowest BCUT2D eigenvalue weighted by Gasteiger charge is -2.69. The summed E-state index contributed by atoms with van der Waals surface area (Å²) in [6.07, 6.45) is 10.9. The molecule has 4 aromatic carbocycles. The molecule has 18 heteroatoms. The van der Waals surface area contributed by atoms with Gasteiger partial charge in [0.15, 0.2) is 22.1 Å². The molecule has 0 amide bonds. The average Bonchev–Trinajstić information content (AvgIpc) is 0.745. The first-order valence-corrected chi connectivity index (χ1v) is 39.1. The first-order valence-electron chi connectivity index (χ1n) is 32.2. The van der Waals surface area contributed by atoms with E-state index in [-0.39, 0.29) is 39.2 Å². The number of aryl methyl sites for hydroxylation is 1. The number of carbonyl (C=O) groups is 1. The summed E-state index contributed by atoms with van der Waals surface area (Å²) < 4.78 is 38.1. The fourth-order valence-corrected chi connectivity index (χ4v) is 22.4. The van der Waals surface area contributed by atoms with Gasteiger partial charge in [0.2, 0.25) is 0 Å². The largest absolute Gasteiger partial charge is 0.497 e. The van der Waals surface area contributed by atoms with E-state index in [0.29, 0.717) is 62.0 Å². The predicted octanol–water partition coefficient (Wildman–Crippen LogP) is 15.5. The van der Waals surface area contributed by atoms with E-state index in [2.05, 4.69) is 143 Å². The van der Waals surface area contributed by atoms with Gasteiger partial charge in [-0.3, -0.25) is 9.25 Å². The van der Waals surface area contributed by atoms with E-state index in [1.807, 2.05) is 72.6 Å². The van der Waals surface area contributed by atoms with E-state index in [4.69, 9.17) is 60.2 Å². The second-order valence-electron chi connectivity index (χ2n) is 28.9. The van der Waals surface area contributed by atoms with E-state index in [0.717, 1.165) is 107 Å². The minimum absolute atomic E-state index is 0.0457. The molecule has 90 heavy (non-hydrogen) atoms. The number of carbonyl (C=O) groups excluding carboxylic acids is 1. The van der Waals surface area contributed by atoms with Gasteiger partial charge in [-0.25, -0.2) is 9.78 Å². The zero-order valence-electron chi connectivity index (χ0n) is 54.7. The van der Waals surface area contributed by atoms with Crippen LogP contribution in [0.25, 0.3) is 21.3 Å². The van der Waals surface area contributed by atoms with E-state index in [1.54, 1.807) is 18.4 Å². The molecule has 12 rings (SSSR count). The van der Waals surface area contributed by atoms with Crippen molar-refractivity contribution in [3.8, 4) is 16.9 Å². The molecule has 4 saturated carbocycles. The van der Waals surface area contributed by atoms with Gasteiger partial charge < -0.3 is 28.3 Å². The maximum absolute atomic E-state index is 14.9. The van der Waals surface area contributed by atoms with Crippen LogP contribution in [0, 0.1) is 30.1 Å². The summed E-state index contributed by atoms with van der Waals surface area (Å²) in [4.78, 5) is 28.1. The van der Waals surface area contributed by atoms with Crippen molar-refractivity contribution in [3.63, 3.8) is 0 Å². The Morgan fingerprint density at radius 2 is 1.46 bits per heavy atom. The fraction of sp³-hybridized carbons (Fsp3) is 0.472. The number of hydrogen-bond donors (Lipinski definition) is 0. The lowest BCUT2D eigenvalue weighted by Crippen LogP contribution is -2.67. The molecule has 2 unspecified atom stereocenters. The molecule has 4 heterocycles. The average molecular weight is 1290 g/mol. The highest BCUT2D eigenvalue weighted by Gasteiger charge is 2.66. The molecule has 0 radical (unpaired) electrons. The van der Waals surface area contributed by atoms with Gasteiger partial charge >= 0.3 is 5.97 Å². The number of para-hydroxylation sites is 1. The number of hydrogen-bond acceptors (Lipinski definition) is 13. The van der Waals surface area contributed by atoms with Crippen LogP contribution in [-0.4, -0.2) is 96.8 Å². The number of unbranched alkanes of at least 4 members (excludes halogenated alkanes) is 2. The van der Waals surface area contributed by atoms with E-state index in [9.17, 15) is 4.79 Å². The van der Waals surface area contributed by atoms with Crippen molar-refractivity contribution in [1.82, 2.24) is 29.5 Å². The Hall–Kier alpha value is -6.32. The summed E-state index contributed by atoms with van der Waals surface area (Å²) in [7, 11) is -2.39. The van der Waals surface area contributed by atoms with Crippen molar-refractivity contribution in [2.75, 3.05) is 44.3 Å². The van der Waals surface area contributed by atoms with Crippen LogP contribution in [0.4, 0.5) is 17.5 Å². The van der Waals surface area contributed by atoms with Crippen molar-refractivity contribution in [1.29, 1.82) is 0 Å². The summed E-state index contributed by atoms with van der Waals surface area (Å²) in [6.45, 7) is 26.7. The number of thiazole rings is 1. The highest BCUT2D eigenvalue weighted by molar-refractivity contribution is 7.16. The van der Waals surface area contributed by atoms with Crippen molar-refractivity contribution >= 4 is 83.3 Å². The number of fused-ring (bicyclic) bond motifs is 1. The minimum atomic E-state index is -2.75. The summed E-state index contributed by atoms with van der Waals surface area (Å²) in [5, 5.41) is 17.3. The predicted molar refractivity (Wildman–Crippen MR) is 368 cm³/mol. The molecule has 0 saturated heterocycles. The first kappa shape index (κ1) is 65.2. The van der Waals surface area contributed by atoms with Crippen LogP contribution in [0.5, 0.6) is 5.75 Å². The zero-order chi connectivity index (χ0) is 63.5. The number of methoxy groups -OCH3 is 1. The third kappa shape index (κ3) is 14.2. The molecule has 4 aliphatic carbocycles. The zero-order valence-corrected chi connectivity index (χ0v) is 58.3. The van der Waals surface area contributed by atoms with Crippen LogP contribution in [0.1, 0.15) is 120 Å². The molecule has 0 aliphatic heterocycles. The number of benzene rings is 4. The maximum atomic E-state index is 14.9. The lowest BCUT2D eigenvalue weighted by atomic mass is 9.39. The molecular weight excluding hydrogens is 1200 g/mol.